The van der Waals surface area contributed by atoms with E-state index >= 15 is 0 Å². The minimum Gasteiger partial charge on any atom is -0.271 e. The third-order valence-electron chi connectivity index (χ3n) is 3.50. The summed E-state index contributed by atoms with van der Waals surface area (Å²) in [5.41, 5.74) is 6.93. The molecule has 0 spiro atoms. The van der Waals surface area contributed by atoms with Crippen molar-refractivity contribution in [3.63, 3.8) is 0 Å². The van der Waals surface area contributed by atoms with Crippen molar-refractivity contribution in [1.82, 2.24) is 15.4 Å². The SMILES string of the molecule is Cc1ncccc1C(NN)c1cccc2cccnc12. The molecule has 20 heavy (non-hydrogen) atoms. The molecule has 4 nitrogen and oxygen atoms in total. The van der Waals surface area contributed by atoms with Crippen molar-refractivity contribution < 1.29 is 0 Å². The molecule has 0 amide bonds. The average Bonchev–Trinajstić information content (AvgIpc) is 2.50. The molecule has 3 rings (SSSR count). The largest absolute Gasteiger partial charge is 0.271 e. The Morgan fingerprint density at radius 2 is 1.65 bits per heavy atom. The fraction of sp³-hybridized carbons (Fsp3) is 0.125. The van der Waals surface area contributed by atoms with E-state index in [0.29, 0.717) is 0 Å². The van der Waals surface area contributed by atoms with Crippen LogP contribution in [0.15, 0.2) is 54.9 Å². The molecule has 0 fully saturated rings. The van der Waals surface area contributed by atoms with E-state index in [1.54, 1.807) is 12.4 Å². The summed E-state index contributed by atoms with van der Waals surface area (Å²) in [5, 5.41) is 1.10. The van der Waals surface area contributed by atoms with Gasteiger partial charge in [-0.25, -0.2) is 5.43 Å². The van der Waals surface area contributed by atoms with Crippen LogP contribution in [0.1, 0.15) is 22.9 Å². The Morgan fingerprint density at radius 3 is 2.45 bits per heavy atom. The van der Waals surface area contributed by atoms with E-state index in [1.165, 1.54) is 0 Å². The molecule has 1 unspecified atom stereocenters. The molecule has 1 aromatic carbocycles. The van der Waals surface area contributed by atoms with E-state index in [1.807, 2.05) is 37.3 Å². The molecule has 0 aliphatic heterocycles. The summed E-state index contributed by atoms with van der Waals surface area (Å²) < 4.78 is 0. The number of aromatic nitrogens is 2. The van der Waals surface area contributed by atoms with Gasteiger partial charge in [0, 0.05) is 29.0 Å². The van der Waals surface area contributed by atoms with Crippen molar-refractivity contribution in [2.45, 2.75) is 13.0 Å². The van der Waals surface area contributed by atoms with Crippen LogP contribution in [0.4, 0.5) is 0 Å². The second kappa shape index (κ2) is 5.36. The zero-order chi connectivity index (χ0) is 13.9. The van der Waals surface area contributed by atoms with Gasteiger partial charge >= 0.3 is 0 Å². The van der Waals surface area contributed by atoms with Gasteiger partial charge in [-0.2, -0.15) is 0 Å². The van der Waals surface area contributed by atoms with Gasteiger partial charge in [-0.15, -0.1) is 0 Å². The highest BCUT2D eigenvalue weighted by molar-refractivity contribution is 5.82. The van der Waals surface area contributed by atoms with Crippen LogP contribution in [0.2, 0.25) is 0 Å². The molecular weight excluding hydrogens is 248 g/mol. The van der Waals surface area contributed by atoms with Crippen molar-refractivity contribution in [3.05, 3.63) is 71.7 Å². The van der Waals surface area contributed by atoms with Gasteiger partial charge in [-0.05, 0) is 24.6 Å². The normalized spacial score (nSPS) is 12.5. The number of fused-ring (bicyclic) bond motifs is 1. The molecule has 3 N–H and O–H groups in total. The minimum absolute atomic E-state index is 0.123. The first-order valence-corrected chi connectivity index (χ1v) is 6.52. The summed E-state index contributed by atoms with van der Waals surface area (Å²) in [4.78, 5) is 8.83. The van der Waals surface area contributed by atoms with Gasteiger partial charge in [0.2, 0.25) is 0 Å². The third kappa shape index (κ3) is 2.15. The van der Waals surface area contributed by atoms with Gasteiger partial charge in [0.25, 0.3) is 0 Å². The lowest BCUT2D eigenvalue weighted by Crippen LogP contribution is -2.29. The molecule has 100 valence electrons. The lowest BCUT2D eigenvalue weighted by atomic mass is 9.96. The Bertz CT molecular complexity index is 734. The molecule has 4 heteroatoms. The van der Waals surface area contributed by atoms with E-state index in [-0.39, 0.29) is 6.04 Å². The average molecular weight is 264 g/mol. The predicted molar refractivity (Wildman–Crippen MR) is 79.9 cm³/mol. The molecule has 2 heterocycles. The van der Waals surface area contributed by atoms with Gasteiger partial charge < -0.3 is 0 Å². The van der Waals surface area contributed by atoms with Gasteiger partial charge in [0.15, 0.2) is 0 Å². The van der Waals surface area contributed by atoms with Crippen LogP contribution in [-0.2, 0) is 0 Å². The van der Waals surface area contributed by atoms with Gasteiger partial charge in [0.1, 0.15) is 0 Å². The highest BCUT2D eigenvalue weighted by Crippen LogP contribution is 2.28. The maximum atomic E-state index is 5.79. The molecule has 0 aliphatic carbocycles. The fourth-order valence-corrected chi connectivity index (χ4v) is 2.51. The first-order valence-electron chi connectivity index (χ1n) is 6.52. The maximum absolute atomic E-state index is 5.79. The lowest BCUT2D eigenvalue weighted by Gasteiger charge is -2.19. The second-order valence-electron chi connectivity index (χ2n) is 4.70. The topological polar surface area (TPSA) is 63.8 Å². The quantitative estimate of drug-likeness (QED) is 0.563. The monoisotopic (exact) mass is 264 g/mol. The summed E-state index contributed by atoms with van der Waals surface area (Å²) in [5.74, 6) is 5.79. The fourth-order valence-electron chi connectivity index (χ4n) is 2.51. The van der Waals surface area contributed by atoms with Crippen LogP contribution in [-0.4, -0.2) is 9.97 Å². The number of hydrazine groups is 1. The van der Waals surface area contributed by atoms with E-state index in [9.17, 15) is 0 Å². The van der Waals surface area contributed by atoms with Gasteiger partial charge in [-0.1, -0.05) is 30.3 Å². The summed E-state index contributed by atoms with van der Waals surface area (Å²) in [7, 11) is 0. The maximum Gasteiger partial charge on any atom is 0.0753 e. The highest BCUT2D eigenvalue weighted by Gasteiger charge is 2.17. The van der Waals surface area contributed by atoms with Crippen LogP contribution in [0.25, 0.3) is 10.9 Å². The van der Waals surface area contributed by atoms with Crippen LogP contribution in [0.5, 0.6) is 0 Å². The zero-order valence-corrected chi connectivity index (χ0v) is 11.2. The standard InChI is InChI=1S/C16H16N4/c1-11-13(8-4-9-18-11)16(20-17)14-7-2-5-12-6-3-10-19-15(12)14/h2-10,16,20H,17H2,1H3. The third-order valence-corrected chi connectivity index (χ3v) is 3.50. The van der Waals surface area contributed by atoms with Crippen LogP contribution >= 0.6 is 0 Å². The Kier molecular flexibility index (Phi) is 3.41. The molecule has 0 bridgehead atoms. The second-order valence-corrected chi connectivity index (χ2v) is 4.70. The lowest BCUT2D eigenvalue weighted by molar-refractivity contribution is 0.633. The molecular formula is C16H16N4. The number of benzene rings is 1. The highest BCUT2D eigenvalue weighted by atomic mass is 15.2. The number of rotatable bonds is 3. The minimum atomic E-state index is -0.123. The Labute approximate surface area is 117 Å². The number of pyridine rings is 2. The number of nitrogens with two attached hydrogens (primary N) is 1. The predicted octanol–water partition coefficient (Wildman–Crippen LogP) is 2.49. The van der Waals surface area contributed by atoms with Gasteiger partial charge in [-0.3, -0.25) is 15.8 Å². The van der Waals surface area contributed by atoms with Crippen LogP contribution in [0.3, 0.4) is 0 Å². The number of para-hydroxylation sites is 1. The van der Waals surface area contributed by atoms with Crippen molar-refractivity contribution in [1.29, 1.82) is 0 Å². The molecule has 3 aromatic rings. The smallest absolute Gasteiger partial charge is 0.0753 e. The molecule has 0 saturated carbocycles. The van der Waals surface area contributed by atoms with E-state index in [0.717, 1.165) is 27.7 Å². The Morgan fingerprint density at radius 1 is 0.950 bits per heavy atom. The van der Waals surface area contributed by atoms with Crippen LogP contribution < -0.4 is 11.3 Å². The van der Waals surface area contributed by atoms with E-state index < -0.39 is 0 Å². The molecule has 0 radical (unpaired) electrons. The van der Waals surface area contributed by atoms with Crippen molar-refractivity contribution in [3.8, 4) is 0 Å². The Hall–Kier alpha value is -2.30. The van der Waals surface area contributed by atoms with E-state index in [2.05, 4.69) is 27.5 Å². The molecule has 0 aliphatic rings. The summed E-state index contributed by atoms with van der Waals surface area (Å²) in [6.45, 7) is 1.98. The summed E-state index contributed by atoms with van der Waals surface area (Å²) >= 11 is 0. The zero-order valence-electron chi connectivity index (χ0n) is 11.2. The first kappa shape index (κ1) is 12.7. The molecule has 0 saturated heterocycles. The number of nitrogens with zero attached hydrogens (tertiary/aromatic N) is 2. The summed E-state index contributed by atoms with van der Waals surface area (Å²) in [6, 6.07) is 13.9. The van der Waals surface area contributed by atoms with E-state index in [4.69, 9.17) is 5.84 Å². The molecule has 1 atom stereocenters. The van der Waals surface area contributed by atoms with Crippen molar-refractivity contribution in [2.24, 2.45) is 5.84 Å². The summed E-state index contributed by atoms with van der Waals surface area (Å²) in [6.07, 6.45) is 3.59. The first-order chi connectivity index (χ1) is 9.81. The van der Waals surface area contributed by atoms with Crippen molar-refractivity contribution in [2.75, 3.05) is 0 Å². The van der Waals surface area contributed by atoms with Gasteiger partial charge in [0.05, 0.1) is 11.6 Å². The number of hydrogen-bond acceptors (Lipinski definition) is 4. The number of hydrogen-bond donors (Lipinski definition) is 2. The Balaban J connectivity index is 2.20. The molecule has 2 aromatic heterocycles. The van der Waals surface area contributed by atoms with Crippen LogP contribution in [0, 0.1) is 6.92 Å². The van der Waals surface area contributed by atoms with Crippen molar-refractivity contribution >= 4 is 10.9 Å². The number of nitrogens with one attached hydrogen (secondary N) is 1. The number of aryl methyl sites for hydroxylation is 1.